The predicted molar refractivity (Wildman–Crippen MR) is 73.7 cm³/mol. The first-order valence-corrected chi connectivity index (χ1v) is 7.28. The number of rotatable bonds is 7. The number of para-hydroxylation sites is 1. The Bertz CT molecular complexity index is 514. The molecule has 0 aliphatic heterocycles. The van der Waals surface area contributed by atoms with Gasteiger partial charge in [-0.3, -0.25) is 0 Å². The highest BCUT2D eigenvalue weighted by molar-refractivity contribution is 7.89. The maximum atomic E-state index is 12.1. The van der Waals surface area contributed by atoms with E-state index in [9.17, 15) is 8.42 Å². The molecule has 0 radical (unpaired) electrons. The maximum absolute atomic E-state index is 12.1. The van der Waals surface area contributed by atoms with Gasteiger partial charge in [0.1, 0.15) is 10.6 Å². The molecule has 0 saturated heterocycles. The second kappa shape index (κ2) is 6.74. The molecular weight excluding hydrogens is 268 g/mol. The number of methoxy groups -OCH3 is 1. The number of benzene rings is 1. The Kier molecular flexibility index (Phi) is 5.59. The normalized spacial score (nSPS) is 11.8. The number of nitrogens with two attached hydrogens (primary N) is 1. The zero-order valence-corrected chi connectivity index (χ0v) is 12.2. The number of ether oxygens (including phenoxy) is 2. The molecule has 1 rings (SSSR count). The van der Waals surface area contributed by atoms with E-state index in [-0.39, 0.29) is 10.6 Å². The summed E-state index contributed by atoms with van der Waals surface area (Å²) < 4.78 is 35.6. The number of anilines is 1. The van der Waals surface area contributed by atoms with Gasteiger partial charge in [-0.2, -0.15) is 0 Å². The minimum absolute atomic E-state index is 0.0572. The van der Waals surface area contributed by atoms with Gasteiger partial charge in [-0.15, -0.1) is 0 Å². The monoisotopic (exact) mass is 288 g/mol. The van der Waals surface area contributed by atoms with E-state index in [0.717, 1.165) is 4.31 Å². The topological polar surface area (TPSA) is 81.9 Å². The van der Waals surface area contributed by atoms with Crippen LogP contribution in [0.2, 0.25) is 0 Å². The van der Waals surface area contributed by atoms with E-state index in [1.165, 1.54) is 20.2 Å². The Morgan fingerprint density at radius 3 is 2.53 bits per heavy atom. The molecule has 0 atom stereocenters. The third-order valence-electron chi connectivity index (χ3n) is 2.54. The highest BCUT2D eigenvalue weighted by atomic mass is 32.2. The molecular formula is C12H20N2O4S. The largest absolute Gasteiger partial charge is 0.491 e. The lowest BCUT2D eigenvalue weighted by Gasteiger charge is -2.15. The van der Waals surface area contributed by atoms with Gasteiger partial charge in [0.25, 0.3) is 0 Å². The van der Waals surface area contributed by atoms with Crippen molar-refractivity contribution in [1.82, 2.24) is 4.31 Å². The van der Waals surface area contributed by atoms with Crippen LogP contribution < -0.4 is 10.5 Å². The van der Waals surface area contributed by atoms with Gasteiger partial charge in [0, 0.05) is 34.2 Å². The van der Waals surface area contributed by atoms with Crippen molar-refractivity contribution in [2.24, 2.45) is 0 Å². The molecule has 108 valence electrons. The number of hydrogen-bond acceptors (Lipinski definition) is 5. The van der Waals surface area contributed by atoms with Gasteiger partial charge in [0.05, 0.1) is 12.3 Å². The summed E-state index contributed by atoms with van der Waals surface area (Å²) in [5.74, 6) is 0.374. The van der Waals surface area contributed by atoms with Crippen molar-refractivity contribution in [3.63, 3.8) is 0 Å². The smallest absolute Gasteiger partial charge is 0.244 e. The Labute approximate surface area is 114 Å². The SMILES string of the molecule is COCCCOc1cccc(S(=O)(=O)N(C)C)c1N. The van der Waals surface area contributed by atoms with Crippen LogP contribution in [0.5, 0.6) is 5.75 Å². The van der Waals surface area contributed by atoms with E-state index in [1.807, 2.05) is 0 Å². The van der Waals surface area contributed by atoms with Gasteiger partial charge in [0.15, 0.2) is 0 Å². The molecule has 0 saturated carbocycles. The second-order valence-corrected chi connectivity index (χ2v) is 6.27. The molecule has 19 heavy (non-hydrogen) atoms. The van der Waals surface area contributed by atoms with Gasteiger partial charge >= 0.3 is 0 Å². The van der Waals surface area contributed by atoms with Crippen LogP contribution in [-0.2, 0) is 14.8 Å². The summed E-state index contributed by atoms with van der Waals surface area (Å²) in [4.78, 5) is 0.0572. The van der Waals surface area contributed by atoms with Crippen LogP contribution in [0.1, 0.15) is 6.42 Å². The van der Waals surface area contributed by atoms with Crippen molar-refractivity contribution < 1.29 is 17.9 Å². The average Bonchev–Trinajstić information content (AvgIpc) is 2.36. The van der Waals surface area contributed by atoms with Crippen molar-refractivity contribution in [3.05, 3.63) is 18.2 Å². The Hall–Kier alpha value is -1.31. The number of nitrogens with zero attached hydrogens (tertiary/aromatic N) is 1. The molecule has 0 amide bonds. The van der Waals surface area contributed by atoms with Crippen LogP contribution >= 0.6 is 0 Å². The Morgan fingerprint density at radius 2 is 1.95 bits per heavy atom. The van der Waals surface area contributed by atoms with Gasteiger partial charge < -0.3 is 15.2 Å². The van der Waals surface area contributed by atoms with E-state index < -0.39 is 10.0 Å². The number of sulfonamides is 1. The molecule has 0 unspecified atom stereocenters. The summed E-state index contributed by atoms with van der Waals surface area (Å²) in [5, 5.41) is 0. The fourth-order valence-corrected chi connectivity index (χ4v) is 2.48. The predicted octanol–water partition coefficient (Wildman–Crippen LogP) is 0.934. The lowest BCUT2D eigenvalue weighted by atomic mass is 10.3. The Morgan fingerprint density at radius 1 is 1.26 bits per heavy atom. The van der Waals surface area contributed by atoms with Gasteiger partial charge in [-0.1, -0.05) is 6.07 Å². The van der Waals surface area contributed by atoms with Gasteiger partial charge in [0.2, 0.25) is 10.0 Å². The van der Waals surface area contributed by atoms with E-state index >= 15 is 0 Å². The first kappa shape index (κ1) is 15.7. The molecule has 0 fully saturated rings. The van der Waals surface area contributed by atoms with Crippen LogP contribution in [0.25, 0.3) is 0 Å². The van der Waals surface area contributed by atoms with Gasteiger partial charge in [-0.05, 0) is 12.1 Å². The van der Waals surface area contributed by atoms with Gasteiger partial charge in [-0.25, -0.2) is 12.7 Å². The highest BCUT2D eigenvalue weighted by Crippen LogP contribution is 2.30. The van der Waals surface area contributed by atoms with Crippen molar-refractivity contribution in [2.45, 2.75) is 11.3 Å². The average molecular weight is 288 g/mol. The molecule has 1 aromatic carbocycles. The molecule has 7 heteroatoms. The molecule has 6 nitrogen and oxygen atoms in total. The molecule has 0 spiro atoms. The zero-order valence-electron chi connectivity index (χ0n) is 11.4. The molecule has 0 aliphatic rings. The van der Waals surface area contributed by atoms with Crippen LogP contribution in [0, 0.1) is 0 Å². The fourth-order valence-electron chi connectivity index (χ4n) is 1.46. The van der Waals surface area contributed by atoms with E-state index in [2.05, 4.69) is 0 Å². The molecule has 2 N–H and O–H groups in total. The number of hydrogen-bond donors (Lipinski definition) is 1. The third kappa shape index (κ3) is 3.82. The van der Waals surface area contributed by atoms with Crippen LogP contribution in [0.3, 0.4) is 0 Å². The maximum Gasteiger partial charge on any atom is 0.244 e. The van der Waals surface area contributed by atoms with Crippen LogP contribution in [-0.4, -0.2) is 47.1 Å². The molecule has 0 aliphatic carbocycles. The van der Waals surface area contributed by atoms with Crippen molar-refractivity contribution in [2.75, 3.05) is 40.2 Å². The van der Waals surface area contributed by atoms with Crippen molar-refractivity contribution in [3.8, 4) is 5.75 Å². The minimum Gasteiger partial charge on any atom is -0.491 e. The quantitative estimate of drug-likeness (QED) is 0.596. The fraction of sp³-hybridized carbons (Fsp3) is 0.500. The molecule has 1 aromatic rings. The van der Waals surface area contributed by atoms with E-state index in [4.69, 9.17) is 15.2 Å². The Balaban J connectivity index is 2.93. The molecule has 0 heterocycles. The van der Waals surface area contributed by atoms with Crippen molar-refractivity contribution in [1.29, 1.82) is 0 Å². The third-order valence-corrected chi connectivity index (χ3v) is 4.41. The summed E-state index contributed by atoms with van der Waals surface area (Å²) in [7, 11) is 0.967. The highest BCUT2D eigenvalue weighted by Gasteiger charge is 2.22. The zero-order chi connectivity index (χ0) is 14.5. The second-order valence-electron chi connectivity index (χ2n) is 4.15. The standard InChI is InChI=1S/C12H20N2O4S/c1-14(2)19(15,16)11-7-4-6-10(12(11)13)18-9-5-8-17-3/h4,6-7H,5,8-9,13H2,1-3H3. The first-order valence-electron chi connectivity index (χ1n) is 5.84. The lowest BCUT2D eigenvalue weighted by molar-refractivity contribution is 0.172. The first-order chi connectivity index (χ1) is 8.91. The molecule has 0 bridgehead atoms. The minimum atomic E-state index is -3.56. The lowest BCUT2D eigenvalue weighted by Crippen LogP contribution is -2.23. The summed E-state index contributed by atoms with van der Waals surface area (Å²) in [6.07, 6.45) is 0.709. The van der Waals surface area contributed by atoms with Crippen LogP contribution in [0.15, 0.2) is 23.1 Å². The van der Waals surface area contributed by atoms with E-state index in [0.29, 0.717) is 25.4 Å². The summed E-state index contributed by atoms with van der Waals surface area (Å²) in [5.41, 5.74) is 5.99. The summed E-state index contributed by atoms with van der Waals surface area (Å²) in [6.45, 7) is 0.999. The van der Waals surface area contributed by atoms with E-state index in [1.54, 1.807) is 19.2 Å². The summed E-state index contributed by atoms with van der Waals surface area (Å²) >= 11 is 0. The van der Waals surface area contributed by atoms with Crippen LogP contribution in [0.4, 0.5) is 5.69 Å². The van der Waals surface area contributed by atoms with Crippen molar-refractivity contribution >= 4 is 15.7 Å². The number of nitrogen functional groups attached to an aromatic ring is 1. The summed E-state index contributed by atoms with van der Waals surface area (Å²) in [6, 6.07) is 4.72. The molecule has 0 aromatic heterocycles.